The summed E-state index contributed by atoms with van der Waals surface area (Å²) in [6.07, 6.45) is 10.9. The molecule has 0 amide bonds. The molecule has 2 nitrogen and oxygen atoms in total. The SMILES string of the molecule is C[C@]12CC[C@@H]3[C@H](CC=C4C[C@@H](O)CC[C@@]43C)[C@H]1C/C(=C/c1cccc(F)c1)[C@@H]2O. The zero-order valence-electron chi connectivity index (χ0n) is 17.6. The molecule has 4 aliphatic rings. The molecule has 0 aromatic heterocycles. The van der Waals surface area contributed by atoms with E-state index in [-0.39, 0.29) is 22.8 Å². The maximum absolute atomic E-state index is 13.6. The second-order valence-corrected chi connectivity index (χ2v) is 10.6. The second kappa shape index (κ2) is 6.78. The molecule has 3 fully saturated rings. The van der Waals surface area contributed by atoms with Crippen molar-refractivity contribution in [2.75, 3.05) is 0 Å². The maximum Gasteiger partial charge on any atom is 0.123 e. The van der Waals surface area contributed by atoms with Gasteiger partial charge in [-0.1, -0.05) is 43.7 Å². The summed E-state index contributed by atoms with van der Waals surface area (Å²) in [5.41, 5.74) is 3.52. The predicted molar refractivity (Wildman–Crippen MR) is 113 cm³/mol. The molecule has 2 N–H and O–H groups in total. The van der Waals surface area contributed by atoms with Crippen LogP contribution in [0.2, 0.25) is 0 Å². The first-order chi connectivity index (χ1) is 13.8. The molecule has 0 bridgehead atoms. The van der Waals surface area contributed by atoms with Crippen LogP contribution in [0.25, 0.3) is 6.08 Å². The van der Waals surface area contributed by atoms with Crippen molar-refractivity contribution in [3.63, 3.8) is 0 Å². The number of hydrogen-bond acceptors (Lipinski definition) is 2. The Balaban J connectivity index is 1.47. The first-order valence-electron chi connectivity index (χ1n) is 11.3. The molecule has 0 heterocycles. The summed E-state index contributed by atoms with van der Waals surface area (Å²) in [6, 6.07) is 6.67. The molecule has 0 saturated heterocycles. The van der Waals surface area contributed by atoms with Crippen LogP contribution in [0.1, 0.15) is 64.4 Å². The van der Waals surface area contributed by atoms with Gasteiger partial charge in [0, 0.05) is 5.41 Å². The molecule has 1 aromatic rings. The number of aliphatic hydroxyl groups excluding tert-OH is 2. The average molecular weight is 397 g/mol. The normalized spacial score (nSPS) is 45.3. The summed E-state index contributed by atoms with van der Waals surface area (Å²) in [7, 11) is 0. The minimum atomic E-state index is -0.442. The van der Waals surface area contributed by atoms with Gasteiger partial charge in [0.15, 0.2) is 0 Å². The average Bonchev–Trinajstić information content (AvgIpc) is 2.93. The van der Waals surface area contributed by atoms with Crippen LogP contribution in [0.4, 0.5) is 4.39 Å². The van der Waals surface area contributed by atoms with Crippen molar-refractivity contribution in [3.8, 4) is 0 Å². The van der Waals surface area contributed by atoms with Crippen LogP contribution >= 0.6 is 0 Å². The summed E-state index contributed by atoms with van der Waals surface area (Å²) >= 11 is 0. The summed E-state index contributed by atoms with van der Waals surface area (Å²) in [6.45, 7) is 4.70. The number of halogens is 1. The van der Waals surface area contributed by atoms with Crippen LogP contribution in [0.5, 0.6) is 0 Å². The molecule has 7 atom stereocenters. The van der Waals surface area contributed by atoms with Gasteiger partial charge in [-0.05, 0) is 91.4 Å². The largest absolute Gasteiger partial charge is 0.393 e. The lowest BCUT2D eigenvalue weighted by molar-refractivity contribution is -0.0685. The molecular weight excluding hydrogens is 363 g/mol. The molecule has 4 aliphatic carbocycles. The van der Waals surface area contributed by atoms with Crippen molar-refractivity contribution in [2.45, 2.75) is 71.0 Å². The second-order valence-electron chi connectivity index (χ2n) is 10.6. The lowest BCUT2D eigenvalue weighted by Crippen LogP contribution is -2.51. The number of allylic oxidation sites excluding steroid dienone is 1. The van der Waals surface area contributed by atoms with Crippen molar-refractivity contribution in [3.05, 3.63) is 52.9 Å². The highest BCUT2D eigenvalue weighted by Gasteiger charge is 2.59. The fourth-order valence-corrected chi connectivity index (χ4v) is 7.45. The highest BCUT2D eigenvalue weighted by Crippen LogP contribution is 2.65. The minimum absolute atomic E-state index is 0.0871. The molecular formula is C26H33FO2. The summed E-state index contributed by atoms with van der Waals surface area (Å²) in [5.74, 6) is 1.48. The number of fused-ring (bicyclic) bond motifs is 5. The zero-order valence-corrected chi connectivity index (χ0v) is 17.6. The fourth-order valence-electron chi connectivity index (χ4n) is 7.45. The number of rotatable bonds is 1. The van der Waals surface area contributed by atoms with Gasteiger partial charge in [0.1, 0.15) is 5.82 Å². The Morgan fingerprint density at radius 2 is 1.90 bits per heavy atom. The summed E-state index contributed by atoms with van der Waals surface area (Å²) in [4.78, 5) is 0. The number of aliphatic hydroxyl groups is 2. The van der Waals surface area contributed by atoms with E-state index in [9.17, 15) is 14.6 Å². The molecule has 3 heteroatoms. The molecule has 3 saturated carbocycles. The van der Waals surface area contributed by atoms with E-state index in [1.54, 1.807) is 12.1 Å². The summed E-state index contributed by atoms with van der Waals surface area (Å²) < 4.78 is 13.6. The highest BCUT2D eigenvalue weighted by atomic mass is 19.1. The van der Waals surface area contributed by atoms with E-state index in [2.05, 4.69) is 19.9 Å². The quantitative estimate of drug-likeness (QED) is 0.615. The molecule has 156 valence electrons. The van der Waals surface area contributed by atoms with E-state index in [4.69, 9.17) is 0 Å². The molecule has 5 rings (SSSR count). The van der Waals surface area contributed by atoms with E-state index >= 15 is 0 Å². The van der Waals surface area contributed by atoms with Crippen molar-refractivity contribution >= 4 is 6.08 Å². The van der Waals surface area contributed by atoms with Crippen LogP contribution < -0.4 is 0 Å². The summed E-state index contributed by atoms with van der Waals surface area (Å²) in [5, 5.41) is 21.5. The third-order valence-corrected chi connectivity index (χ3v) is 9.15. The molecule has 0 aliphatic heterocycles. The van der Waals surface area contributed by atoms with E-state index in [1.165, 1.54) is 11.6 Å². The molecule has 1 aromatic carbocycles. The van der Waals surface area contributed by atoms with Gasteiger partial charge in [-0.15, -0.1) is 0 Å². The van der Waals surface area contributed by atoms with Gasteiger partial charge in [-0.25, -0.2) is 4.39 Å². The van der Waals surface area contributed by atoms with Gasteiger partial charge in [0.2, 0.25) is 0 Å². The van der Waals surface area contributed by atoms with Gasteiger partial charge in [0.05, 0.1) is 12.2 Å². The fraction of sp³-hybridized carbons (Fsp3) is 0.615. The Morgan fingerprint density at radius 3 is 2.69 bits per heavy atom. The topological polar surface area (TPSA) is 40.5 Å². The van der Waals surface area contributed by atoms with Crippen LogP contribution in [0.3, 0.4) is 0 Å². The molecule has 0 unspecified atom stereocenters. The Kier molecular flexibility index (Phi) is 4.56. The minimum Gasteiger partial charge on any atom is -0.393 e. The van der Waals surface area contributed by atoms with Crippen LogP contribution in [-0.4, -0.2) is 22.4 Å². The molecule has 0 spiro atoms. The number of benzene rings is 1. The number of hydrogen-bond donors (Lipinski definition) is 2. The predicted octanol–water partition coefficient (Wildman–Crippen LogP) is 5.50. The lowest BCUT2D eigenvalue weighted by atomic mass is 9.48. The van der Waals surface area contributed by atoms with Gasteiger partial charge in [-0.3, -0.25) is 0 Å². The van der Waals surface area contributed by atoms with Gasteiger partial charge in [0.25, 0.3) is 0 Å². The van der Waals surface area contributed by atoms with E-state index < -0.39 is 6.10 Å². The monoisotopic (exact) mass is 396 g/mol. The Morgan fingerprint density at radius 1 is 1.07 bits per heavy atom. The Bertz CT molecular complexity index is 873. The van der Waals surface area contributed by atoms with Crippen molar-refractivity contribution in [1.29, 1.82) is 0 Å². The third-order valence-electron chi connectivity index (χ3n) is 9.15. The smallest absolute Gasteiger partial charge is 0.123 e. The van der Waals surface area contributed by atoms with Crippen molar-refractivity contribution < 1.29 is 14.6 Å². The Hall–Kier alpha value is -1.45. The van der Waals surface area contributed by atoms with Crippen LogP contribution in [-0.2, 0) is 0 Å². The zero-order chi connectivity index (χ0) is 20.4. The first kappa shape index (κ1) is 19.5. The Labute approximate surface area is 173 Å². The first-order valence-corrected chi connectivity index (χ1v) is 11.3. The van der Waals surface area contributed by atoms with E-state index in [0.29, 0.717) is 17.8 Å². The molecule has 29 heavy (non-hydrogen) atoms. The lowest BCUT2D eigenvalue weighted by Gasteiger charge is -2.57. The standard InChI is InChI=1S/C26H33FO2/c1-25-10-8-20(28)15-18(25)6-7-21-22(25)9-11-26(2)23(21)14-17(24(26)29)12-16-4-3-5-19(27)13-16/h3-6,12-13,20-24,28-29H,7-11,14-15H2,1-2H3/b17-12-/t20-,21-,22+,23+,24-,25-,26-/m0/s1. The van der Waals surface area contributed by atoms with Gasteiger partial charge >= 0.3 is 0 Å². The third kappa shape index (κ3) is 2.96. The van der Waals surface area contributed by atoms with Crippen molar-refractivity contribution in [2.24, 2.45) is 28.6 Å². The van der Waals surface area contributed by atoms with Gasteiger partial charge < -0.3 is 10.2 Å². The highest BCUT2D eigenvalue weighted by molar-refractivity contribution is 5.55. The van der Waals surface area contributed by atoms with E-state index in [0.717, 1.165) is 56.1 Å². The van der Waals surface area contributed by atoms with Gasteiger partial charge in [-0.2, -0.15) is 0 Å². The van der Waals surface area contributed by atoms with Crippen molar-refractivity contribution in [1.82, 2.24) is 0 Å². The molecule has 0 radical (unpaired) electrons. The van der Waals surface area contributed by atoms with Crippen LogP contribution in [0.15, 0.2) is 41.5 Å². The maximum atomic E-state index is 13.6. The van der Waals surface area contributed by atoms with Crippen LogP contribution in [0, 0.1) is 34.4 Å². The van der Waals surface area contributed by atoms with E-state index in [1.807, 2.05) is 12.1 Å².